The summed E-state index contributed by atoms with van der Waals surface area (Å²) < 4.78 is 16.5. The highest BCUT2D eigenvalue weighted by molar-refractivity contribution is 6.32. The minimum atomic E-state index is -0.755. The number of halogens is 2. The van der Waals surface area contributed by atoms with Crippen molar-refractivity contribution in [1.82, 2.24) is 15.1 Å². The monoisotopic (exact) mass is 531 g/mol. The number of fused-ring (bicyclic) bond motifs is 1. The SMILES string of the molecule is O=C(O)CC1CC2(C1)CC(NC(=O)c1cc(Cl)c(F)c3cnn(Cc4ccc(-c5ccccc5)cc4)c13)C2. The summed E-state index contributed by atoms with van der Waals surface area (Å²) in [6.07, 6.45) is 5.09. The van der Waals surface area contributed by atoms with E-state index in [2.05, 4.69) is 22.5 Å². The Kier molecular flexibility index (Phi) is 6.19. The van der Waals surface area contributed by atoms with Gasteiger partial charge < -0.3 is 10.4 Å². The number of hydrogen-bond acceptors (Lipinski definition) is 3. The molecule has 0 atom stereocenters. The van der Waals surface area contributed by atoms with Crippen LogP contribution in [0.2, 0.25) is 5.02 Å². The zero-order chi connectivity index (χ0) is 26.4. The van der Waals surface area contributed by atoms with E-state index >= 15 is 0 Å². The number of amides is 1. The lowest BCUT2D eigenvalue weighted by Crippen LogP contribution is -2.56. The van der Waals surface area contributed by atoms with Gasteiger partial charge in [-0.15, -0.1) is 0 Å². The number of nitrogens with one attached hydrogen (secondary N) is 1. The van der Waals surface area contributed by atoms with Gasteiger partial charge in [-0.2, -0.15) is 5.10 Å². The molecule has 0 bridgehead atoms. The van der Waals surface area contributed by atoms with Crippen LogP contribution in [0.3, 0.4) is 0 Å². The molecular formula is C30H27ClFN3O3. The molecule has 6 nitrogen and oxygen atoms in total. The zero-order valence-corrected chi connectivity index (χ0v) is 21.4. The number of nitrogens with zero attached hydrogens (tertiary/aromatic N) is 2. The summed E-state index contributed by atoms with van der Waals surface area (Å²) in [6.45, 7) is 0.372. The van der Waals surface area contributed by atoms with Gasteiger partial charge in [-0.05, 0) is 59.8 Å². The van der Waals surface area contributed by atoms with E-state index in [1.807, 2.05) is 42.5 Å². The van der Waals surface area contributed by atoms with Crippen LogP contribution in [0.4, 0.5) is 4.39 Å². The smallest absolute Gasteiger partial charge is 0.303 e. The van der Waals surface area contributed by atoms with Gasteiger partial charge in [0.05, 0.1) is 34.2 Å². The normalized spacial score (nSPS) is 22.2. The highest BCUT2D eigenvalue weighted by Gasteiger charge is 2.53. The molecule has 194 valence electrons. The van der Waals surface area contributed by atoms with Crippen LogP contribution < -0.4 is 5.32 Å². The second-order valence-corrected chi connectivity index (χ2v) is 11.2. The van der Waals surface area contributed by atoms with E-state index in [9.17, 15) is 14.0 Å². The van der Waals surface area contributed by atoms with Crippen LogP contribution in [-0.2, 0) is 11.3 Å². The fourth-order valence-electron chi connectivity index (χ4n) is 6.36. The number of carbonyl (C=O) groups excluding carboxylic acids is 1. The van der Waals surface area contributed by atoms with Crippen LogP contribution in [0.5, 0.6) is 0 Å². The summed E-state index contributed by atoms with van der Waals surface area (Å²) in [7, 11) is 0. The molecule has 1 spiro atoms. The molecule has 2 aliphatic carbocycles. The largest absolute Gasteiger partial charge is 0.481 e. The van der Waals surface area contributed by atoms with E-state index in [-0.39, 0.29) is 40.1 Å². The summed E-state index contributed by atoms with van der Waals surface area (Å²) in [4.78, 5) is 24.3. The molecule has 2 saturated carbocycles. The molecule has 1 amide bonds. The van der Waals surface area contributed by atoms with Crippen molar-refractivity contribution in [3.8, 4) is 11.1 Å². The Balaban J connectivity index is 1.19. The summed E-state index contributed by atoms with van der Waals surface area (Å²) >= 11 is 6.16. The molecule has 2 N–H and O–H groups in total. The minimum Gasteiger partial charge on any atom is -0.481 e. The number of rotatable bonds is 7. The lowest BCUT2D eigenvalue weighted by molar-refractivity contribution is -0.142. The number of benzene rings is 3. The number of hydrogen-bond donors (Lipinski definition) is 2. The Hall–Kier alpha value is -3.71. The van der Waals surface area contributed by atoms with E-state index in [1.54, 1.807) is 4.68 Å². The Morgan fingerprint density at radius 3 is 2.42 bits per heavy atom. The van der Waals surface area contributed by atoms with E-state index < -0.39 is 11.8 Å². The van der Waals surface area contributed by atoms with Crippen LogP contribution in [0.15, 0.2) is 66.9 Å². The maximum absolute atomic E-state index is 14.9. The van der Waals surface area contributed by atoms with Crippen molar-refractivity contribution in [3.63, 3.8) is 0 Å². The van der Waals surface area contributed by atoms with Crippen LogP contribution in [0, 0.1) is 17.2 Å². The van der Waals surface area contributed by atoms with Crippen molar-refractivity contribution in [2.24, 2.45) is 11.3 Å². The standard InChI is InChI=1S/C30H27ClFN3O3/c31-25-11-23(29(38)34-22-14-30(15-22)12-19(13-30)10-26(36)37)28-24(27(25)32)16-33-35(28)17-18-6-8-21(9-7-18)20-4-2-1-3-5-20/h1-9,11,16,19,22H,10,12-15,17H2,(H,34,38)(H,36,37). The van der Waals surface area contributed by atoms with Crippen molar-refractivity contribution in [2.45, 2.75) is 44.7 Å². The molecule has 3 aromatic carbocycles. The lowest BCUT2D eigenvalue weighted by Gasteiger charge is -2.57. The fourth-order valence-corrected chi connectivity index (χ4v) is 6.57. The van der Waals surface area contributed by atoms with E-state index in [0.29, 0.717) is 17.6 Å². The van der Waals surface area contributed by atoms with Gasteiger partial charge >= 0.3 is 5.97 Å². The molecule has 38 heavy (non-hydrogen) atoms. The van der Waals surface area contributed by atoms with Gasteiger partial charge in [0, 0.05) is 12.5 Å². The predicted octanol–water partition coefficient (Wildman–Crippen LogP) is 6.31. The number of aliphatic carboxylic acids is 1. The second-order valence-electron chi connectivity index (χ2n) is 10.8. The summed E-state index contributed by atoms with van der Waals surface area (Å²) in [5.74, 6) is -1.42. The minimum absolute atomic E-state index is 0.00839. The van der Waals surface area contributed by atoms with Gasteiger partial charge in [-0.1, -0.05) is 66.2 Å². The first-order chi connectivity index (χ1) is 18.3. The van der Waals surface area contributed by atoms with Gasteiger partial charge in [0.1, 0.15) is 0 Å². The molecule has 4 aromatic rings. The third kappa shape index (κ3) is 4.56. The quantitative estimate of drug-likeness (QED) is 0.293. The molecule has 2 fully saturated rings. The average molecular weight is 532 g/mol. The third-order valence-corrected chi connectivity index (χ3v) is 8.33. The Bertz CT molecular complexity index is 1520. The Labute approximate surface area is 224 Å². The van der Waals surface area contributed by atoms with Crippen LogP contribution in [0.25, 0.3) is 22.0 Å². The number of carboxylic acid groups (broad SMARTS) is 1. The molecule has 0 saturated heterocycles. The number of aromatic nitrogens is 2. The Morgan fingerprint density at radius 2 is 1.74 bits per heavy atom. The predicted molar refractivity (Wildman–Crippen MR) is 144 cm³/mol. The number of carboxylic acids is 1. The van der Waals surface area contributed by atoms with Crippen LogP contribution in [0.1, 0.15) is 48.0 Å². The first-order valence-corrected chi connectivity index (χ1v) is 13.2. The highest BCUT2D eigenvalue weighted by atomic mass is 35.5. The molecule has 0 aliphatic heterocycles. The molecule has 0 radical (unpaired) electrons. The second kappa shape index (κ2) is 9.55. The molecule has 2 aliphatic rings. The van der Waals surface area contributed by atoms with Crippen molar-refractivity contribution >= 4 is 34.4 Å². The van der Waals surface area contributed by atoms with Gasteiger partial charge in [-0.3, -0.25) is 14.3 Å². The maximum Gasteiger partial charge on any atom is 0.303 e. The summed E-state index contributed by atoms with van der Waals surface area (Å²) in [6, 6.07) is 19.6. The van der Waals surface area contributed by atoms with E-state index in [4.69, 9.17) is 16.7 Å². The molecule has 6 rings (SSSR count). The van der Waals surface area contributed by atoms with Crippen molar-refractivity contribution in [3.05, 3.63) is 88.8 Å². The molecule has 1 heterocycles. The van der Waals surface area contributed by atoms with Gasteiger partial charge in [0.15, 0.2) is 5.82 Å². The first kappa shape index (κ1) is 24.6. The summed E-state index contributed by atoms with van der Waals surface area (Å²) in [5.41, 5.74) is 4.05. The average Bonchev–Trinajstić information content (AvgIpc) is 3.28. The third-order valence-electron chi connectivity index (χ3n) is 8.05. The fraction of sp³-hybridized carbons (Fsp3) is 0.300. The van der Waals surface area contributed by atoms with Crippen molar-refractivity contribution in [2.75, 3.05) is 0 Å². The molecule has 8 heteroatoms. The van der Waals surface area contributed by atoms with Gasteiger partial charge in [0.25, 0.3) is 5.91 Å². The van der Waals surface area contributed by atoms with Gasteiger partial charge in [-0.25, -0.2) is 4.39 Å². The van der Waals surface area contributed by atoms with Crippen LogP contribution in [-0.4, -0.2) is 32.8 Å². The van der Waals surface area contributed by atoms with Crippen molar-refractivity contribution in [1.29, 1.82) is 0 Å². The first-order valence-electron chi connectivity index (χ1n) is 12.8. The van der Waals surface area contributed by atoms with Crippen LogP contribution >= 0.6 is 11.6 Å². The van der Waals surface area contributed by atoms with E-state index in [0.717, 1.165) is 42.4 Å². The topological polar surface area (TPSA) is 84.2 Å². The van der Waals surface area contributed by atoms with Gasteiger partial charge in [0.2, 0.25) is 0 Å². The van der Waals surface area contributed by atoms with E-state index in [1.165, 1.54) is 12.3 Å². The maximum atomic E-state index is 14.9. The summed E-state index contributed by atoms with van der Waals surface area (Å²) in [5, 5.41) is 16.6. The number of carbonyl (C=O) groups is 2. The Morgan fingerprint density at radius 1 is 1.05 bits per heavy atom. The zero-order valence-electron chi connectivity index (χ0n) is 20.7. The molecule has 0 unspecified atom stereocenters. The highest BCUT2D eigenvalue weighted by Crippen LogP contribution is 2.59. The molecule has 1 aromatic heterocycles. The molecular weight excluding hydrogens is 505 g/mol. The lowest BCUT2D eigenvalue weighted by atomic mass is 9.49. The van der Waals surface area contributed by atoms with Crippen molar-refractivity contribution < 1.29 is 19.1 Å².